The Kier molecular flexibility index (Phi) is 16.3. The van der Waals surface area contributed by atoms with Gasteiger partial charge < -0.3 is 24.8 Å². The first-order valence-electron chi connectivity index (χ1n) is 19.5. The fourth-order valence-electron chi connectivity index (χ4n) is 6.43. The molecule has 1 aliphatic rings. The van der Waals surface area contributed by atoms with Gasteiger partial charge in [0.2, 0.25) is 0 Å². The Bertz CT molecular complexity index is 1960. The van der Waals surface area contributed by atoms with Crippen LogP contribution in [0.5, 0.6) is 0 Å². The van der Waals surface area contributed by atoms with Crippen LogP contribution in [0.3, 0.4) is 0 Å². The molecule has 0 saturated carbocycles. The van der Waals surface area contributed by atoms with Crippen molar-refractivity contribution in [1.82, 2.24) is 0 Å². The minimum atomic E-state index is 0. The number of hydrogen-bond acceptors (Lipinski definition) is 0. The molecule has 294 valence electrons. The summed E-state index contributed by atoms with van der Waals surface area (Å²) in [5.41, 5.74) is 10.8. The van der Waals surface area contributed by atoms with Crippen molar-refractivity contribution in [3.63, 3.8) is 0 Å². The predicted octanol–water partition coefficient (Wildman–Crippen LogP) is 8.68. The Labute approximate surface area is 363 Å². The Morgan fingerprint density at radius 3 is 1.07 bits per heavy atom. The third-order valence-corrected chi connectivity index (χ3v) is 11.7. The molecule has 0 saturated heterocycles. The van der Waals surface area contributed by atoms with Gasteiger partial charge >= 0.3 is 151 Å². The quantitative estimate of drug-likeness (QED) is 0.156. The van der Waals surface area contributed by atoms with Crippen molar-refractivity contribution in [2.24, 2.45) is 11.3 Å². The summed E-state index contributed by atoms with van der Waals surface area (Å²) in [6.07, 6.45) is 7.65. The zero-order valence-corrected chi connectivity index (χ0v) is 40.6. The largest absolute Gasteiger partial charge is 1.00 e. The van der Waals surface area contributed by atoms with Gasteiger partial charge in [0.1, 0.15) is 0 Å². The molecule has 1 aliphatic carbocycles. The summed E-state index contributed by atoms with van der Waals surface area (Å²) in [7, 11) is 0. The first kappa shape index (κ1) is 48.7. The SMILES string of the molecule is CC(C)(C)c1ccc([C](=[Zr+2])c2ccc(C(C)(C)C)cc2)cc1.CC(C)(C)c1ccc2[cH-]c3ccc(C(C)(C)C)cc3c2c1.CC1[C-]=CC(C(C)(C)C)=C1.[Cl-].[Cl-]. The minimum absolute atomic E-state index is 0. The van der Waals surface area contributed by atoms with Gasteiger partial charge in [-0.3, -0.25) is 6.08 Å². The summed E-state index contributed by atoms with van der Waals surface area (Å²) in [5.74, 6) is 0.522. The van der Waals surface area contributed by atoms with Gasteiger partial charge in [0, 0.05) is 0 Å². The van der Waals surface area contributed by atoms with Gasteiger partial charge in [0.05, 0.1) is 0 Å². The van der Waals surface area contributed by atoms with Crippen LogP contribution >= 0.6 is 0 Å². The maximum absolute atomic E-state index is 3.26. The van der Waals surface area contributed by atoms with Crippen LogP contribution in [0.2, 0.25) is 0 Å². The second-order valence-corrected chi connectivity index (χ2v) is 21.5. The molecular formula is C52H66Cl2Zr-2. The number of allylic oxidation sites excluding steroid dienone is 4. The Balaban J connectivity index is 0.000000298. The molecule has 5 aromatic carbocycles. The van der Waals surface area contributed by atoms with Crippen molar-refractivity contribution in [2.45, 2.75) is 132 Å². The minimum Gasteiger partial charge on any atom is -1.00 e. The van der Waals surface area contributed by atoms with Crippen molar-refractivity contribution >= 4 is 24.8 Å². The van der Waals surface area contributed by atoms with E-state index in [1.165, 1.54) is 87.9 Å². The molecule has 1 atom stereocenters. The fraction of sp³-hybridized carbons (Fsp3) is 0.423. The van der Waals surface area contributed by atoms with Crippen molar-refractivity contribution in [2.75, 3.05) is 0 Å². The maximum Gasteiger partial charge on any atom is -0.0145 e. The second-order valence-electron chi connectivity index (χ2n) is 20.2. The number of rotatable bonds is 2. The molecule has 5 aromatic rings. The third kappa shape index (κ3) is 13.0. The normalized spacial score (nSPS) is 14.6. The van der Waals surface area contributed by atoms with E-state index in [0.717, 1.165) is 0 Å². The molecule has 0 amide bonds. The molecule has 0 radical (unpaired) electrons. The van der Waals surface area contributed by atoms with E-state index in [1.54, 1.807) is 0 Å². The Morgan fingerprint density at radius 2 is 0.818 bits per heavy atom. The number of halogens is 2. The van der Waals surface area contributed by atoms with E-state index in [9.17, 15) is 0 Å². The number of benzene rings is 4. The molecule has 0 aliphatic heterocycles. The second kappa shape index (κ2) is 18.4. The Morgan fingerprint density at radius 1 is 0.491 bits per heavy atom. The maximum atomic E-state index is 3.26. The molecule has 0 nitrogen and oxygen atoms in total. The Hall–Kier alpha value is -2.44. The van der Waals surface area contributed by atoms with E-state index in [0.29, 0.717) is 11.3 Å². The van der Waals surface area contributed by atoms with Gasteiger partial charge in [-0.1, -0.05) is 116 Å². The van der Waals surface area contributed by atoms with Gasteiger partial charge in [-0.2, -0.15) is 11.6 Å². The topological polar surface area (TPSA) is 0 Å². The summed E-state index contributed by atoms with van der Waals surface area (Å²) < 4.78 is 1.42. The molecule has 0 spiro atoms. The zero-order valence-electron chi connectivity index (χ0n) is 36.6. The smallest absolute Gasteiger partial charge is 0.0145 e. The molecule has 55 heavy (non-hydrogen) atoms. The molecule has 3 heteroatoms. The van der Waals surface area contributed by atoms with Crippen LogP contribution in [-0.2, 0) is 45.9 Å². The zero-order chi connectivity index (χ0) is 39.7. The van der Waals surface area contributed by atoms with Crippen LogP contribution in [0.1, 0.15) is 144 Å². The standard InChI is InChI=1S/C21H25.C21H26.C10H15.2ClH.Zr/c1-20(2,3)16-9-7-14-11-15-8-10-17(21(4,5)6)13-19(15)18(14)12-16;1-20(2,3)18-11-7-16(8-12-18)15-17-9-13-19(14-10-17)21(4,5)6;1-8-5-6-9(7-8)10(2,3)4;;;/h7-13H,1-6H3;7-14H,1-6H3;6-8H,1-4H3;2*1H;/q-1;;-1;;;+2/p-2. The van der Waals surface area contributed by atoms with Gasteiger partial charge in [0.25, 0.3) is 0 Å². The van der Waals surface area contributed by atoms with Crippen molar-refractivity contribution in [3.8, 4) is 0 Å². The van der Waals surface area contributed by atoms with Crippen LogP contribution in [0.4, 0.5) is 0 Å². The van der Waals surface area contributed by atoms with Crippen molar-refractivity contribution in [3.05, 3.63) is 148 Å². The van der Waals surface area contributed by atoms with E-state index in [1.807, 2.05) is 0 Å². The molecular weight excluding hydrogens is 787 g/mol. The monoisotopic (exact) mass is 850 g/mol. The molecule has 6 rings (SSSR count). The van der Waals surface area contributed by atoms with E-state index in [2.05, 4.69) is 220 Å². The average Bonchev–Trinajstić information content (AvgIpc) is 3.66. The van der Waals surface area contributed by atoms with E-state index < -0.39 is 0 Å². The molecule has 0 heterocycles. The van der Waals surface area contributed by atoms with E-state index in [-0.39, 0.29) is 46.5 Å². The summed E-state index contributed by atoms with van der Waals surface area (Å²) in [6, 6.07) is 34.3. The molecule has 0 aromatic heterocycles. The average molecular weight is 853 g/mol. The van der Waals surface area contributed by atoms with E-state index >= 15 is 0 Å². The summed E-state index contributed by atoms with van der Waals surface area (Å²) in [4.78, 5) is 0. The summed E-state index contributed by atoms with van der Waals surface area (Å²) in [5, 5.41) is 5.49. The van der Waals surface area contributed by atoms with E-state index in [4.69, 9.17) is 0 Å². The van der Waals surface area contributed by atoms with Gasteiger partial charge in [-0.25, -0.2) is 6.08 Å². The predicted molar refractivity (Wildman–Crippen MR) is 232 cm³/mol. The molecule has 0 N–H and O–H groups in total. The van der Waals surface area contributed by atoms with Crippen molar-refractivity contribution in [1.29, 1.82) is 0 Å². The van der Waals surface area contributed by atoms with Gasteiger partial charge in [-0.05, 0) is 10.8 Å². The van der Waals surface area contributed by atoms with Crippen LogP contribution in [0.25, 0.3) is 21.5 Å². The molecule has 0 bridgehead atoms. The van der Waals surface area contributed by atoms with Crippen LogP contribution in [0.15, 0.2) is 109 Å². The summed E-state index contributed by atoms with van der Waals surface area (Å²) >= 11 is 1.46. The molecule has 0 fully saturated rings. The van der Waals surface area contributed by atoms with Gasteiger partial charge in [0.15, 0.2) is 0 Å². The fourth-order valence-corrected chi connectivity index (χ4v) is 7.24. The molecule has 1 unspecified atom stereocenters. The van der Waals surface area contributed by atoms with Crippen LogP contribution in [-0.4, -0.2) is 3.21 Å². The third-order valence-electron chi connectivity index (χ3n) is 10.3. The number of hydrogen-bond donors (Lipinski definition) is 0. The first-order chi connectivity index (χ1) is 24.2. The van der Waals surface area contributed by atoms with Crippen molar-refractivity contribution < 1.29 is 49.0 Å². The van der Waals surface area contributed by atoms with Gasteiger partial charge in [-0.15, -0.1) is 39.7 Å². The summed E-state index contributed by atoms with van der Waals surface area (Å²) in [6.45, 7) is 36.1. The van der Waals surface area contributed by atoms with Crippen LogP contribution in [0, 0.1) is 17.4 Å². The number of fused-ring (bicyclic) bond motifs is 3. The van der Waals surface area contributed by atoms with Crippen LogP contribution < -0.4 is 24.8 Å². The first-order valence-corrected chi connectivity index (χ1v) is 20.7.